The van der Waals surface area contributed by atoms with Gasteiger partial charge in [-0.15, -0.1) is 0 Å². The van der Waals surface area contributed by atoms with Crippen LogP contribution in [0.5, 0.6) is 0 Å². The number of carbonyl (C=O) groups excluding carboxylic acids is 1. The van der Waals surface area contributed by atoms with E-state index in [4.69, 9.17) is 9.15 Å². The van der Waals surface area contributed by atoms with Gasteiger partial charge < -0.3 is 14.5 Å². The molecule has 1 aromatic heterocycles. The SMILES string of the molecule is CCOC(=O)/C=C/CNCc1ncc(C)o1. The van der Waals surface area contributed by atoms with Crippen LogP contribution in [0.2, 0.25) is 0 Å². The number of nitrogens with zero attached hydrogens (tertiary/aromatic N) is 1. The second-order valence-electron chi connectivity index (χ2n) is 3.15. The van der Waals surface area contributed by atoms with Gasteiger partial charge in [-0.05, 0) is 13.8 Å². The summed E-state index contributed by atoms with van der Waals surface area (Å²) >= 11 is 0. The van der Waals surface area contributed by atoms with Crippen molar-refractivity contribution in [2.75, 3.05) is 13.2 Å². The number of carbonyl (C=O) groups is 1. The van der Waals surface area contributed by atoms with Crippen molar-refractivity contribution in [1.29, 1.82) is 0 Å². The van der Waals surface area contributed by atoms with Gasteiger partial charge in [0.15, 0.2) is 0 Å². The van der Waals surface area contributed by atoms with Crippen molar-refractivity contribution in [2.45, 2.75) is 20.4 Å². The van der Waals surface area contributed by atoms with Crippen LogP contribution in [0.25, 0.3) is 0 Å². The van der Waals surface area contributed by atoms with Crippen LogP contribution in [0.3, 0.4) is 0 Å². The number of aromatic nitrogens is 1. The first kappa shape index (κ1) is 12.4. The highest BCUT2D eigenvalue weighted by Gasteiger charge is 1.98. The zero-order valence-electron chi connectivity index (χ0n) is 9.53. The topological polar surface area (TPSA) is 64.4 Å². The summed E-state index contributed by atoms with van der Waals surface area (Å²) in [6.45, 7) is 5.12. The molecule has 1 heterocycles. The molecule has 0 fully saturated rings. The fourth-order valence-corrected chi connectivity index (χ4v) is 1.09. The number of esters is 1. The van der Waals surface area contributed by atoms with Crippen LogP contribution < -0.4 is 5.32 Å². The molecule has 5 nitrogen and oxygen atoms in total. The molecule has 0 saturated carbocycles. The number of ether oxygens (including phenoxy) is 1. The van der Waals surface area contributed by atoms with Crippen molar-refractivity contribution in [2.24, 2.45) is 0 Å². The maximum atomic E-state index is 10.9. The molecule has 0 aliphatic rings. The van der Waals surface area contributed by atoms with Crippen molar-refractivity contribution in [3.05, 3.63) is 30.0 Å². The second kappa shape index (κ2) is 6.79. The van der Waals surface area contributed by atoms with Crippen molar-refractivity contribution >= 4 is 5.97 Å². The Labute approximate surface area is 94.5 Å². The first-order valence-corrected chi connectivity index (χ1v) is 5.17. The van der Waals surface area contributed by atoms with Gasteiger partial charge in [-0.1, -0.05) is 6.08 Å². The van der Waals surface area contributed by atoms with E-state index in [0.717, 1.165) is 5.76 Å². The molecule has 16 heavy (non-hydrogen) atoms. The Kier molecular flexibility index (Phi) is 5.28. The normalized spacial score (nSPS) is 10.9. The lowest BCUT2D eigenvalue weighted by Crippen LogP contribution is -2.13. The number of hydrogen-bond donors (Lipinski definition) is 1. The fraction of sp³-hybridized carbons (Fsp3) is 0.455. The lowest BCUT2D eigenvalue weighted by atomic mass is 10.5. The van der Waals surface area contributed by atoms with E-state index in [-0.39, 0.29) is 5.97 Å². The zero-order valence-corrected chi connectivity index (χ0v) is 9.53. The van der Waals surface area contributed by atoms with E-state index in [9.17, 15) is 4.79 Å². The standard InChI is InChI=1S/C11H16N2O3/c1-3-15-11(14)5-4-6-12-8-10-13-7-9(2)16-10/h4-5,7,12H,3,6,8H2,1-2H3/b5-4+. The summed E-state index contributed by atoms with van der Waals surface area (Å²) in [5.41, 5.74) is 0. The zero-order chi connectivity index (χ0) is 11.8. The molecule has 1 aromatic rings. The molecule has 1 rings (SSSR count). The predicted octanol–water partition coefficient (Wildman–Crippen LogP) is 1.19. The van der Waals surface area contributed by atoms with Crippen molar-refractivity contribution in [3.63, 3.8) is 0 Å². The number of aryl methyl sites for hydroxylation is 1. The van der Waals surface area contributed by atoms with E-state index in [0.29, 0.717) is 25.6 Å². The van der Waals surface area contributed by atoms with Crippen molar-refractivity contribution in [3.8, 4) is 0 Å². The van der Waals surface area contributed by atoms with Crippen molar-refractivity contribution in [1.82, 2.24) is 10.3 Å². The maximum absolute atomic E-state index is 10.9. The van der Waals surface area contributed by atoms with Gasteiger partial charge in [0.05, 0.1) is 19.3 Å². The van der Waals surface area contributed by atoms with Crippen LogP contribution in [-0.2, 0) is 16.1 Å². The molecule has 0 aliphatic carbocycles. The van der Waals surface area contributed by atoms with Crippen molar-refractivity contribution < 1.29 is 13.9 Å². The minimum absolute atomic E-state index is 0.323. The molecular weight excluding hydrogens is 208 g/mol. The summed E-state index contributed by atoms with van der Waals surface area (Å²) in [6.07, 6.45) is 4.77. The van der Waals surface area contributed by atoms with E-state index in [2.05, 4.69) is 10.3 Å². The smallest absolute Gasteiger partial charge is 0.330 e. The molecule has 1 N–H and O–H groups in total. The Morgan fingerprint density at radius 3 is 3.12 bits per heavy atom. The van der Waals surface area contributed by atoms with Gasteiger partial charge in [-0.2, -0.15) is 0 Å². The van der Waals surface area contributed by atoms with Gasteiger partial charge in [0.1, 0.15) is 5.76 Å². The second-order valence-corrected chi connectivity index (χ2v) is 3.15. The van der Waals surface area contributed by atoms with Crippen LogP contribution in [0.1, 0.15) is 18.6 Å². The highest BCUT2D eigenvalue weighted by atomic mass is 16.5. The Morgan fingerprint density at radius 2 is 2.50 bits per heavy atom. The average molecular weight is 224 g/mol. The number of rotatable bonds is 6. The minimum atomic E-state index is -0.323. The highest BCUT2D eigenvalue weighted by molar-refractivity contribution is 5.81. The Bertz CT molecular complexity index is 358. The summed E-state index contributed by atoms with van der Waals surface area (Å²) in [5.74, 6) is 1.11. The van der Waals surface area contributed by atoms with E-state index in [1.807, 2.05) is 6.92 Å². The van der Waals surface area contributed by atoms with Gasteiger partial charge in [-0.25, -0.2) is 9.78 Å². The van der Waals surface area contributed by atoms with E-state index < -0.39 is 0 Å². The van der Waals surface area contributed by atoms with Crippen LogP contribution in [-0.4, -0.2) is 24.1 Å². The molecule has 0 atom stereocenters. The minimum Gasteiger partial charge on any atom is -0.463 e. The van der Waals surface area contributed by atoms with E-state index in [1.54, 1.807) is 19.2 Å². The first-order valence-electron chi connectivity index (χ1n) is 5.17. The maximum Gasteiger partial charge on any atom is 0.330 e. The van der Waals surface area contributed by atoms with Gasteiger partial charge in [0.25, 0.3) is 0 Å². The molecular formula is C11H16N2O3. The molecule has 0 saturated heterocycles. The third-order valence-electron chi connectivity index (χ3n) is 1.75. The highest BCUT2D eigenvalue weighted by Crippen LogP contribution is 2.00. The largest absolute Gasteiger partial charge is 0.463 e. The molecule has 0 aliphatic heterocycles. The van der Waals surface area contributed by atoms with Gasteiger partial charge >= 0.3 is 5.97 Å². The number of hydrogen-bond acceptors (Lipinski definition) is 5. The third kappa shape index (κ3) is 4.75. The van der Waals surface area contributed by atoms with E-state index >= 15 is 0 Å². The van der Waals surface area contributed by atoms with Crippen LogP contribution in [0.4, 0.5) is 0 Å². The molecule has 0 aromatic carbocycles. The van der Waals surface area contributed by atoms with Crippen LogP contribution in [0.15, 0.2) is 22.8 Å². The Morgan fingerprint density at radius 1 is 1.69 bits per heavy atom. The number of nitrogens with one attached hydrogen (secondary N) is 1. The summed E-state index contributed by atoms with van der Waals surface area (Å²) in [6, 6.07) is 0. The third-order valence-corrected chi connectivity index (χ3v) is 1.75. The summed E-state index contributed by atoms with van der Waals surface area (Å²) < 4.78 is 9.99. The Balaban J connectivity index is 2.14. The molecule has 5 heteroatoms. The monoisotopic (exact) mass is 224 g/mol. The Hall–Kier alpha value is -1.62. The summed E-state index contributed by atoms with van der Waals surface area (Å²) in [5, 5.41) is 3.06. The van der Waals surface area contributed by atoms with Gasteiger partial charge in [0, 0.05) is 12.6 Å². The molecule has 88 valence electrons. The lowest BCUT2D eigenvalue weighted by Gasteiger charge is -1.97. The quantitative estimate of drug-likeness (QED) is 0.446. The van der Waals surface area contributed by atoms with E-state index in [1.165, 1.54) is 6.08 Å². The molecule has 0 bridgehead atoms. The predicted molar refractivity (Wildman–Crippen MR) is 58.7 cm³/mol. The first-order chi connectivity index (χ1) is 7.72. The molecule has 0 spiro atoms. The summed E-state index contributed by atoms with van der Waals surface area (Å²) in [4.78, 5) is 14.9. The molecule has 0 unspecified atom stereocenters. The fourth-order valence-electron chi connectivity index (χ4n) is 1.09. The molecule has 0 amide bonds. The van der Waals surface area contributed by atoms with Crippen LogP contribution in [0, 0.1) is 6.92 Å². The summed E-state index contributed by atoms with van der Waals surface area (Å²) in [7, 11) is 0. The van der Waals surface area contributed by atoms with Gasteiger partial charge in [-0.3, -0.25) is 0 Å². The number of oxazole rings is 1. The molecule has 0 radical (unpaired) electrons. The van der Waals surface area contributed by atoms with Crippen LogP contribution >= 0.6 is 0 Å². The van der Waals surface area contributed by atoms with Gasteiger partial charge in [0.2, 0.25) is 5.89 Å². The lowest BCUT2D eigenvalue weighted by molar-refractivity contribution is -0.137. The average Bonchev–Trinajstić information content (AvgIpc) is 2.64.